The van der Waals surface area contributed by atoms with Crippen LogP contribution in [0.5, 0.6) is 0 Å². The number of hydrogen-bond acceptors (Lipinski definition) is 4. The van der Waals surface area contributed by atoms with Crippen molar-refractivity contribution in [1.82, 2.24) is 15.1 Å². The number of nitrogens with zero attached hydrogens (tertiary/aromatic N) is 2. The lowest BCUT2D eigenvalue weighted by molar-refractivity contribution is -0.138. The zero-order chi connectivity index (χ0) is 20.5. The normalized spacial score (nSPS) is 14.6. The van der Waals surface area contributed by atoms with Crippen LogP contribution in [0.2, 0.25) is 5.02 Å². The first-order valence-electron chi connectivity index (χ1n) is 9.74. The molecule has 1 aliphatic heterocycles. The third-order valence-electron chi connectivity index (χ3n) is 4.87. The fraction of sp³-hybridized carbons (Fsp3) is 0.364. The monoisotopic (exact) mass is 415 g/mol. The molecule has 6 nitrogen and oxygen atoms in total. The van der Waals surface area contributed by atoms with E-state index in [4.69, 9.17) is 16.3 Å². The van der Waals surface area contributed by atoms with Crippen LogP contribution in [0.3, 0.4) is 0 Å². The van der Waals surface area contributed by atoms with Crippen LogP contribution in [0.4, 0.5) is 0 Å². The molecule has 7 heteroatoms. The smallest absolute Gasteiger partial charge is 0.248 e. The highest BCUT2D eigenvalue weighted by Crippen LogP contribution is 2.15. The van der Waals surface area contributed by atoms with Gasteiger partial charge in [0, 0.05) is 37.7 Å². The quantitative estimate of drug-likeness (QED) is 0.718. The Hall–Kier alpha value is -2.41. The lowest BCUT2D eigenvalue weighted by Crippen LogP contribution is -2.51. The fourth-order valence-corrected chi connectivity index (χ4v) is 3.36. The van der Waals surface area contributed by atoms with Gasteiger partial charge in [-0.3, -0.25) is 14.5 Å². The van der Waals surface area contributed by atoms with Gasteiger partial charge in [0.15, 0.2) is 0 Å². The van der Waals surface area contributed by atoms with Gasteiger partial charge in [-0.15, -0.1) is 0 Å². The Balaban J connectivity index is 1.32. The van der Waals surface area contributed by atoms with E-state index in [0.29, 0.717) is 50.9 Å². The Morgan fingerprint density at radius 1 is 0.966 bits per heavy atom. The van der Waals surface area contributed by atoms with Crippen molar-refractivity contribution in [3.63, 3.8) is 0 Å². The van der Waals surface area contributed by atoms with Crippen LogP contribution in [0.25, 0.3) is 0 Å². The van der Waals surface area contributed by atoms with E-state index < -0.39 is 0 Å². The Morgan fingerprint density at radius 2 is 1.66 bits per heavy atom. The number of ether oxygens (including phenoxy) is 1. The molecule has 0 spiro atoms. The molecule has 29 heavy (non-hydrogen) atoms. The van der Waals surface area contributed by atoms with E-state index in [2.05, 4.69) is 10.2 Å². The average Bonchev–Trinajstić information content (AvgIpc) is 2.75. The van der Waals surface area contributed by atoms with Crippen molar-refractivity contribution in [1.29, 1.82) is 0 Å². The highest BCUT2D eigenvalue weighted by Gasteiger charge is 2.22. The van der Waals surface area contributed by atoms with Crippen molar-refractivity contribution in [2.45, 2.75) is 13.2 Å². The molecule has 0 aliphatic carbocycles. The van der Waals surface area contributed by atoms with E-state index in [9.17, 15) is 9.59 Å². The lowest BCUT2D eigenvalue weighted by atomic mass is 10.2. The standard InChI is InChI=1S/C22H26ClN3O3/c23-20-9-5-4-8-19(20)16-29-17-22(28)26-12-10-25(11-13-26)15-21(27)24-14-18-6-2-1-3-7-18/h1-9H,10-17H2,(H,24,27). The topological polar surface area (TPSA) is 61.9 Å². The molecule has 1 N–H and O–H groups in total. The second-order valence-corrected chi connectivity index (χ2v) is 7.41. The summed E-state index contributed by atoms with van der Waals surface area (Å²) in [6.45, 7) is 3.76. The highest BCUT2D eigenvalue weighted by atomic mass is 35.5. The van der Waals surface area contributed by atoms with Crippen molar-refractivity contribution >= 4 is 23.4 Å². The van der Waals surface area contributed by atoms with Crippen molar-refractivity contribution < 1.29 is 14.3 Å². The van der Waals surface area contributed by atoms with Gasteiger partial charge in [0.05, 0.1) is 13.2 Å². The minimum absolute atomic E-state index is 0.00305. The maximum absolute atomic E-state index is 12.3. The summed E-state index contributed by atoms with van der Waals surface area (Å²) in [4.78, 5) is 28.3. The Kier molecular flexibility index (Phi) is 8.04. The lowest BCUT2D eigenvalue weighted by Gasteiger charge is -2.34. The van der Waals surface area contributed by atoms with Gasteiger partial charge >= 0.3 is 0 Å². The molecule has 1 fully saturated rings. The van der Waals surface area contributed by atoms with Gasteiger partial charge in [0.25, 0.3) is 0 Å². The number of nitrogens with one attached hydrogen (secondary N) is 1. The predicted molar refractivity (Wildman–Crippen MR) is 112 cm³/mol. The second-order valence-electron chi connectivity index (χ2n) is 7.00. The van der Waals surface area contributed by atoms with Crippen molar-refractivity contribution in [3.05, 3.63) is 70.7 Å². The summed E-state index contributed by atoms with van der Waals surface area (Å²) < 4.78 is 5.53. The molecule has 0 atom stereocenters. The van der Waals surface area contributed by atoms with Crippen molar-refractivity contribution in [2.75, 3.05) is 39.3 Å². The molecule has 1 heterocycles. The van der Waals surface area contributed by atoms with Crippen molar-refractivity contribution in [2.24, 2.45) is 0 Å². The number of piperazine rings is 1. The molecule has 0 saturated carbocycles. The van der Waals surface area contributed by atoms with Gasteiger partial charge in [-0.25, -0.2) is 0 Å². The second kappa shape index (κ2) is 11.0. The third kappa shape index (κ3) is 6.85. The molecule has 0 bridgehead atoms. The zero-order valence-corrected chi connectivity index (χ0v) is 17.1. The van der Waals surface area contributed by atoms with Crippen LogP contribution < -0.4 is 5.32 Å². The number of carbonyl (C=O) groups excluding carboxylic acids is 2. The van der Waals surface area contributed by atoms with Gasteiger partial charge in [-0.2, -0.15) is 0 Å². The first-order chi connectivity index (χ1) is 14.1. The molecular formula is C22H26ClN3O3. The van der Waals surface area contributed by atoms with E-state index in [-0.39, 0.29) is 18.4 Å². The molecule has 1 aliphatic rings. The maximum Gasteiger partial charge on any atom is 0.248 e. The van der Waals surface area contributed by atoms with Gasteiger partial charge in [-0.1, -0.05) is 60.1 Å². The molecule has 0 aromatic heterocycles. The summed E-state index contributed by atoms with van der Waals surface area (Å²) >= 11 is 6.09. The van der Waals surface area contributed by atoms with E-state index in [0.717, 1.165) is 11.1 Å². The van der Waals surface area contributed by atoms with Gasteiger partial charge < -0.3 is 15.0 Å². The van der Waals surface area contributed by atoms with E-state index in [1.165, 1.54) is 0 Å². The van der Waals surface area contributed by atoms with Gasteiger partial charge in [0.2, 0.25) is 11.8 Å². The largest absolute Gasteiger partial charge is 0.367 e. The van der Waals surface area contributed by atoms with Crippen molar-refractivity contribution in [3.8, 4) is 0 Å². The van der Waals surface area contributed by atoms with Gasteiger partial charge in [-0.05, 0) is 17.2 Å². The van der Waals surface area contributed by atoms with Crippen LogP contribution in [-0.2, 0) is 27.5 Å². The van der Waals surface area contributed by atoms with Crippen LogP contribution in [-0.4, -0.2) is 60.9 Å². The minimum atomic E-state index is -0.0368. The van der Waals surface area contributed by atoms with Crippen LogP contribution in [0, 0.1) is 0 Å². The van der Waals surface area contributed by atoms with E-state index >= 15 is 0 Å². The van der Waals surface area contributed by atoms with E-state index in [1.807, 2.05) is 48.5 Å². The summed E-state index contributed by atoms with van der Waals surface area (Å²) in [6.07, 6.45) is 0. The van der Waals surface area contributed by atoms with Gasteiger partial charge in [0.1, 0.15) is 6.61 Å². The molecular weight excluding hydrogens is 390 g/mol. The van der Waals surface area contributed by atoms with Crippen LogP contribution in [0.1, 0.15) is 11.1 Å². The summed E-state index contributed by atoms with van der Waals surface area (Å²) in [7, 11) is 0. The maximum atomic E-state index is 12.3. The first-order valence-corrected chi connectivity index (χ1v) is 10.1. The SMILES string of the molecule is O=C(CN1CCN(C(=O)COCc2ccccc2Cl)CC1)NCc1ccccc1. The molecule has 2 amide bonds. The third-order valence-corrected chi connectivity index (χ3v) is 5.23. The zero-order valence-electron chi connectivity index (χ0n) is 16.4. The molecule has 2 aromatic carbocycles. The number of rotatable bonds is 8. The Bertz CT molecular complexity index is 808. The molecule has 2 aromatic rings. The number of halogens is 1. The number of carbonyl (C=O) groups is 2. The summed E-state index contributed by atoms with van der Waals surface area (Å²) in [5, 5.41) is 3.57. The molecule has 154 valence electrons. The Labute approximate surface area is 176 Å². The fourth-order valence-electron chi connectivity index (χ4n) is 3.17. The molecule has 3 rings (SSSR count). The molecule has 0 unspecified atom stereocenters. The highest BCUT2D eigenvalue weighted by molar-refractivity contribution is 6.31. The summed E-state index contributed by atoms with van der Waals surface area (Å²) in [6, 6.07) is 17.3. The first kappa shape index (κ1) is 21.3. The van der Waals surface area contributed by atoms with Crippen LogP contribution in [0.15, 0.2) is 54.6 Å². The summed E-state index contributed by atoms with van der Waals surface area (Å²) in [5.74, 6) is -0.0399. The minimum Gasteiger partial charge on any atom is -0.367 e. The summed E-state index contributed by atoms with van der Waals surface area (Å²) in [5.41, 5.74) is 1.95. The molecule has 0 radical (unpaired) electrons. The number of amides is 2. The van der Waals surface area contributed by atoms with E-state index in [1.54, 1.807) is 11.0 Å². The number of hydrogen-bond donors (Lipinski definition) is 1. The molecule has 1 saturated heterocycles. The number of benzene rings is 2. The Morgan fingerprint density at radius 3 is 2.38 bits per heavy atom. The predicted octanol–water partition coefficient (Wildman–Crippen LogP) is 2.32. The van der Waals surface area contributed by atoms with Crippen LogP contribution >= 0.6 is 11.6 Å². The average molecular weight is 416 g/mol.